The maximum Gasteiger partial charge on any atom is 0.289 e. The zero-order valence-corrected chi connectivity index (χ0v) is 26.5. The molecule has 0 unspecified atom stereocenters. The zero-order chi connectivity index (χ0) is 31.8. The van der Waals surface area contributed by atoms with Gasteiger partial charge in [0.05, 0.1) is 18.3 Å². The number of halogens is 1. The zero-order valence-electron chi connectivity index (χ0n) is 25.8. The van der Waals surface area contributed by atoms with Gasteiger partial charge in [-0.1, -0.05) is 63.0 Å². The maximum absolute atomic E-state index is 14.3. The van der Waals surface area contributed by atoms with Crippen molar-refractivity contribution < 1.29 is 28.8 Å². The van der Waals surface area contributed by atoms with E-state index in [9.17, 15) is 24.0 Å². The Labute approximate surface area is 262 Å². The van der Waals surface area contributed by atoms with Gasteiger partial charge in [0.25, 0.3) is 5.91 Å². The monoisotopic (exact) mass is 627 g/mol. The fraction of sp³-hybridized carbons (Fsp3) is 0.625. The van der Waals surface area contributed by atoms with Crippen molar-refractivity contribution in [3.63, 3.8) is 0 Å². The first-order valence-electron chi connectivity index (χ1n) is 15.6. The third kappa shape index (κ3) is 7.25. The van der Waals surface area contributed by atoms with Gasteiger partial charge in [-0.05, 0) is 49.7 Å². The molecule has 4 atom stereocenters. The molecule has 0 radical (unpaired) electrons. The minimum absolute atomic E-state index is 0.000574. The van der Waals surface area contributed by atoms with Crippen molar-refractivity contribution in [2.45, 2.75) is 109 Å². The van der Waals surface area contributed by atoms with E-state index in [-0.39, 0.29) is 37.3 Å². The Bertz CT molecular complexity index is 1370. The number of hydrogen-bond donors (Lipinski definition) is 3. The van der Waals surface area contributed by atoms with Crippen LogP contribution in [-0.4, -0.2) is 76.3 Å². The number of nitrogens with zero attached hydrogens (tertiary/aromatic N) is 2. The molecule has 3 fully saturated rings. The largest absolute Gasteiger partial charge is 0.387 e. The number of amides is 4. The molecule has 2 aliphatic heterocycles. The molecule has 44 heavy (non-hydrogen) atoms. The molecule has 4 aliphatic rings. The molecule has 11 nitrogen and oxygen atoms in total. The van der Waals surface area contributed by atoms with Gasteiger partial charge in [0.2, 0.25) is 23.5 Å². The maximum atomic E-state index is 14.3. The molecule has 1 spiro atoms. The van der Waals surface area contributed by atoms with E-state index in [0.717, 1.165) is 31.2 Å². The summed E-state index contributed by atoms with van der Waals surface area (Å²) in [4.78, 5) is 74.2. The molecule has 1 saturated heterocycles. The van der Waals surface area contributed by atoms with E-state index in [1.807, 2.05) is 39.8 Å². The summed E-state index contributed by atoms with van der Waals surface area (Å²) in [5.41, 5.74) is -0.226. The Balaban J connectivity index is 1.40. The standard InChI is InChI=1S/C32H42ClN5O6/c1-5-7-22(25(39)29(42)34-21-12-13-21)35-28(41)24-16-32(15-23(37-44-32)19-8-6-9-20(33)14-19)17-38(24)30(43)26(31(2,3)4)36-27(40)18-10-11-18/h6,8-9,14,18,21-22,24,26H,5,7,10-13,15-17H2,1-4H3,(H,34,42)(H,35,41)(H,36,40)/t22-,24-,26+,32+/m0/s1. The Morgan fingerprint density at radius 2 is 1.82 bits per heavy atom. The highest BCUT2D eigenvalue weighted by atomic mass is 35.5. The minimum atomic E-state index is -1.03. The van der Waals surface area contributed by atoms with E-state index in [4.69, 9.17) is 16.4 Å². The molecule has 2 aliphatic carbocycles. The van der Waals surface area contributed by atoms with Crippen molar-refractivity contribution in [2.75, 3.05) is 6.54 Å². The SMILES string of the molecule is CCC[C@H](NC(=O)[C@@H]1C[C@]2(CC(c3cccc(Cl)c3)=NO2)CN1C(=O)[C@@H](NC(=O)C1CC1)C(C)(C)C)C(=O)C(=O)NC1CC1. The number of likely N-dealkylation sites (tertiary alicyclic amines) is 1. The smallest absolute Gasteiger partial charge is 0.289 e. The van der Waals surface area contributed by atoms with Crippen LogP contribution >= 0.6 is 11.6 Å². The molecule has 0 aromatic heterocycles. The summed E-state index contributed by atoms with van der Waals surface area (Å²) in [5.74, 6) is -2.66. The highest BCUT2D eigenvalue weighted by molar-refractivity contribution is 6.38. The highest BCUT2D eigenvalue weighted by Crippen LogP contribution is 2.40. The number of carbonyl (C=O) groups is 5. The van der Waals surface area contributed by atoms with Crippen LogP contribution in [0.4, 0.5) is 0 Å². The Morgan fingerprint density at radius 3 is 2.43 bits per heavy atom. The van der Waals surface area contributed by atoms with Gasteiger partial charge in [-0.3, -0.25) is 24.0 Å². The molecule has 1 aromatic rings. The van der Waals surface area contributed by atoms with Crippen LogP contribution in [0.3, 0.4) is 0 Å². The molecule has 4 amide bonds. The molecular weight excluding hydrogens is 586 g/mol. The third-order valence-corrected chi connectivity index (χ3v) is 8.91. The van der Waals surface area contributed by atoms with Gasteiger partial charge < -0.3 is 25.7 Å². The number of nitrogens with one attached hydrogen (secondary N) is 3. The second kappa shape index (κ2) is 12.5. The fourth-order valence-electron chi connectivity index (χ4n) is 5.84. The second-order valence-corrected chi connectivity index (χ2v) is 14.2. The lowest BCUT2D eigenvalue weighted by Gasteiger charge is -2.35. The lowest BCUT2D eigenvalue weighted by Crippen LogP contribution is -2.59. The molecule has 2 saturated carbocycles. The number of carbonyl (C=O) groups excluding carboxylic acids is 5. The topological polar surface area (TPSA) is 146 Å². The van der Waals surface area contributed by atoms with Gasteiger partial charge in [-0.15, -0.1) is 0 Å². The molecule has 12 heteroatoms. The van der Waals surface area contributed by atoms with E-state index in [1.165, 1.54) is 4.90 Å². The minimum Gasteiger partial charge on any atom is -0.387 e. The molecular formula is C32H42ClN5O6. The van der Waals surface area contributed by atoms with Crippen LogP contribution in [0.5, 0.6) is 0 Å². The number of oxime groups is 1. The van der Waals surface area contributed by atoms with E-state index < -0.39 is 52.6 Å². The summed E-state index contributed by atoms with van der Waals surface area (Å²) in [7, 11) is 0. The number of benzene rings is 1. The molecule has 0 bridgehead atoms. The molecule has 3 N–H and O–H groups in total. The number of ketones is 1. The quantitative estimate of drug-likeness (QED) is 0.322. The van der Waals surface area contributed by atoms with E-state index >= 15 is 0 Å². The lowest BCUT2D eigenvalue weighted by molar-refractivity contribution is -0.145. The first-order chi connectivity index (χ1) is 20.8. The molecule has 2 heterocycles. The summed E-state index contributed by atoms with van der Waals surface area (Å²) < 4.78 is 0. The summed E-state index contributed by atoms with van der Waals surface area (Å²) in [5, 5.41) is 13.3. The Morgan fingerprint density at radius 1 is 1.09 bits per heavy atom. The Hall–Kier alpha value is -3.47. The van der Waals surface area contributed by atoms with Gasteiger partial charge in [0, 0.05) is 35.4 Å². The van der Waals surface area contributed by atoms with Crippen molar-refractivity contribution in [2.24, 2.45) is 16.5 Å². The van der Waals surface area contributed by atoms with Crippen molar-refractivity contribution in [3.8, 4) is 0 Å². The van der Waals surface area contributed by atoms with Crippen LogP contribution in [0.2, 0.25) is 5.02 Å². The van der Waals surface area contributed by atoms with Crippen LogP contribution in [-0.2, 0) is 28.8 Å². The van der Waals surface area contributed by atoms with E-state index in [0.29, 0.717) is 23.6 Å². The lowest BCUT2D eigenvalue weighted by atomic mass is 9.85. The van der Waals surface area contributed by atoms with Crippen LogP contribution in [0.1, 0.15) is 84.6 Å². The number of Topliss-reactive ketones (excluding diaryl/α,β-unsaturated/α-hetero) is 1. The van der Waals surface area contributed by atoms with Gasteiger partial charge in [-0.25, -0.2) is 0 Å². The average Bonchev–Trinajstić information content (AvgIpc) is 3.91. The highest BCUT2D eigenvalue weighted by Gasteiger charge is 2.56. The Kier molecular flexibility index (Phi) is 9.07. The van der Waals surface area contributed by atoms with Crippen LogP contribution < -0.4 is 16.0 Å². The van der Waals surface area contributed by atoms with Crippen molar-refractivity contribution in [1.82, 2.24) is 20.9 Å². The van der Waals surface area contributed by atoms with E-state index in [2.05, 4.69) is 21.1 Å². The van der Waals surface area contributed by atoms with Gasteiger partial charge in [-0.2, -0.15) is 0 Å². The fourth-order valence-corrected chi connectivity index (χ4v) is 6.03. The second-order valence-electron chi connectivity index (χ2n) is 13.7. The predicted molar refractivity (Wildman–Crippen MR) is 164 cm³/mol. The molecule has 238 valence electrons. The van der Waals surface area contributed by atoms with Crippen molar-refractivity contribution in [1.29, 1.82) is 0 Å². The average molecular weight is 628 g/mol. The molecule has 5 rings (SSSR count). The van der Waals surface area contributed by atoms with Crippen molar-refractivity contribution in [3.05, 3.63) is 34.9 Å². The first-order valence-corrected chi connectivity index (χ1v) is 15.9. The normalized spacial score (nSPS) is 24.2. The number of rotatable bonds is 11. The van der Waals surface area contributed by atoms with Crippen molar-refractivity contribution >= 4 is 46.7 Å². The summed E-state index contributed by atoms with van der Waals surface area (Å²) in [6.07, 6.45) is 4.51. The van der Waals surface area contributed by atoms with Gasteiger partial charge >= 0.3 is 0 Å². The summed E-state index contributed by atoms with van der Waals surface area (Å²) >= 11 is 6.21. The van der Waals surface area contributed by atoms with Crippen LogP contribution in [0.25, 0.3) is 0 Å². The van der Waals surface area contributed by atoms with E-state index in [1.54, 1.807) is 12.1 Å². The van der Waals surface area contributed by atoms with Gasteiger partial charge in [0.1, 0.15) is 12.1 Å². The van der Waals surface area contributed by atoms with Gasteiger partial charge in [0.15, 0.2) is 5.60 Å². The van der Waals surface area contributed by atoms with Crippen LogP contribution in [0, 0.1) is 11.3 Å². The predicted octanol–water partition coefficient (Wildman–Crippen LogP) is 2.88. The summed E-state index contributed by atoms with van der Waals surface area (Å²) in [6, 6.07) is 4.27. The number of hydrogen-bond acceptors (Lipinski definition) is 7. The summed E-state index contributed by atoms with van der Waals surface area (Å²) in [6.45, 7) is 7.51. The van der Waals surface area contributed by atoms with Crippen LogP contribution in [0.15, 0.2) is 29.4 Å². The first kappa shape index (κ1) is 31.9. The third-order valence-electron chi connectivity index (χ3n) is 8.68. The molecule has 1 aromatic carbocycles.